The highest BCUT2D eigenvalue weighted by Gasteiger charge is 2.20. The van der Waals surface area contributed by atoms with Crippen molar-refractivity contribution in [3.05, 3.63) is 28.3 Å². The summed E-state index contributed by atoms with van der Waals surface area (Å²) >= 11 is 6.19. The molecule has 0 saturated carbocycles. The molecule has 0 spiro atoms. The molecule has 94 valence electrons. The van der Waals surface area contributed by atoms with Crippen LogP contribution in [-0.2, 0) is 0 Å². The number of hydrogen-bond acceptors (Lipinski definition) is 3. The number of halogens is 1. The average molecular weight is 255 g/mol. The van der Waals surface area contributed by atoms with Crippen LogP contribution in [0.1, 0.15) is 17.2 Å². The van der Waals surface area contributed by atoms with Crippen molar-refractivity contribution in [2.45, 2.75) is 13.0 Å². The molecule has 0 bridgehead atoms. The summed E-state index contributed by atoms with van der Waals surface area (Å²) in [6, 6.07) is 4.39. The van der Waals surface area contributed by atoms with Crippen molar-refractivity contribution in [1.29, 1.82) is 0 Å². The van der Waals surface area contributed by atoms with Gasteiger partial charge in [-0.05, 0) is 37.2 Å². The van der Waals surface area contributed by atoms with Crippen LogP contribution in [-0.4, -0.2) is 38.7 Å². The predicted octanol–water partition coefficient (Wildman–Crippen LogP) is 2.23. The molecule has 0 radical (unpaired) electrons. The van der Waals surface area contributed by atoms with Gasteiger partial charge in [0, 0.05) is 25.7 Å². The van der Waals surface area contributed by atoms with Crippen LogP contribution in [0.5, 0.6) is 5.75 Å². The van der Waals surface area contributed by atoms with E-state index in [0.717, 1.165) is 25.4 Å². The number of aryl methyl sites for hydroxylation is 1. The molecule has 0 amide bonds. The lowest BCUT2D eigenvalue weighted by Crippen LogP contribution is -2.43. The van der Waals surface area contributed by atoms with Gasteiger partial charge in [0.15, 0.2) is 0 Å². The van der Waals surface area contributed by atoms with Gasteiger partial charge in [0.1, 0.15) is 5.75 Å². The molecule has 4 heteroatoms. The second-order valence-electron chi connectivity index (χ2n) is 4.61. The molecule has 1 unspecified atom stereocenters. The maximum Gasteiger partial charge on any atom is 0.137 e. The van der Waals surface area contributed by atoms with Gasteiger partial charge in [-0.3, -0.25) is 0 Å². The van der Waals surface area contributed by atoms with Gasteiger partial charge in [-0.25, -0.2) is 0 Å². The molecule has 1 aromatic rings. The second-order valence-corrected chi connectivity index (χ2v) is 5.02. The molecule has 0 aromatic heterocycles. The first-order valence-corrected chi connectivity index (χ1v) is 6.25. The Bertz CT molecular complexity index is 409. The molecule has 17 heavy (non-hydrogen) atoms. The first-order chi connectivity index (χ1) is 8.11. The first-order valence-electron chi connectivity index (χ1n) is 5.87. The summed E-state index contributed by atoms with van der Waals surface area (Å²) in [7, 11) is 3.79. The summed E-state index contributed by atoms with van der Waals surface area (Å²) in [5, 5.41) is 4.21. The molecule has 2 rings (SSSR count). The van der Waals surface area contributed by atoms with Gasteiger partial charge < -0.3 is 15.0 Å². The standard InChI is InChI=1S/C13H19ClN2O/c1-9-6-13(17-3)11(14)7-10(9)12-8-16(2)5-4-15-12/h6-7,12,15H,4-5,8H2,1-3H3. The third-order valence-electron chi connectivity index (χ3n) is 3.29. The van der Waals surface area contributed by atoms with Crippen LogP contribution in [0.3, 0.4) is 0 Å². The number of piperazine rings is 1. The van der Waals surface area contributed by atoms with E-state index >= 15 is 0 Å². The van der Waals surface area contributed by atoms with E-state index in [0.29, 0.717) is 11.1 Å². The Labute approximate surface area is 108 Å². The zero-order valence-electron chi connectivity index (χ0n) is 10.6. The van der Waals surface area contributed by atoms with Gasteiger partial charge in [0.2, 0.25) is 0 Å². The number of benzene rings is 1. The van der Waals surface area contributed by atoms with Crippen molar-refractivity contribution >= 4 is 11.6 Å². The Balaban J connectivity index is 2.28. The van der Waals surface area contributed by atoms with E-state index in [2.05, 4.69) is 24.2 Å². The van der Waals surface area contributed by atoms with Crippen LogP contribution < -0.4 is 10.1 Å². The molecule has 1 aromatic carbocycles. The predicted molar refractivity (Wildman–Crippen MR) is 71.0 cm³/mol. The monoisotopic (exact) mass is 254 g/mol. The maximum atomic E-state index is 6.19. The minimum absolute atomic E-state index is 0.358. The summed E-state index contributed by atoms with van der Waals surface area (Å²) in [4.78, 5) is 2.33. The highest BCUT2D eigenvalue weighted by molar-refractivity contribution is 6.32. The minimum atomic E-state index is 0.358. The molecule has 3 nitrogen and oxygen atoms in total. The zero-order valence-corrected chi connectivity index (χ0v) is 11.3. The number of rotatable bonds is 2. The quantitative estimate of drug-likeness (QED) is 0.876. The molecular formula is C13H19ClN2O. The summed E-state index contributed by atoms with van der Waals surface area (Å²) in [5.74, 6) is 0.747. The van der Waals surface area contributed by atoms with E-state index in [1.54, 1.807) is 7.11 Å². The number of hydrogen-bond donors (Lipinski definition) is 1. The number of likely N-dealkylation sites (N-methyl/N-ethyl adjacent to an activating group) is 1. The van der Waals surface area contributed by atoms with Crippen molar-refractivity contribution in [2.75, 3.05) is 33.8 Å². The molecule has 1 N–H and O–H groups in total. The molecule has 1 aliphatic heterocycles. The SMILES string of the molecule is COc1cc(C)c(C2CN(C)CCN2)cc1Cl. The molecule has 0 aliphatic carbocycles. The van der Waals surface area contributed by atoms with Gasteiger partial charge in [0.05, 0.1) is 12.1 Å². The number of nitrogens with one attached hydrogen (secondary N) is 1. The minimum Gasteiger partial charge on any atom is -0.495 e. The van der Waals surface area contributed by atoms with Crippen LogP contribution >= 0.6 is 11.6 Å². The highest BCUT2D eigenvalue weighted by Crippen LogP contribution is 2.31. The second kappa shape index (κ2) is 5.25. The third-order valence-corrected chi connectivity index (χ3v) is 3.59. The molecule has 1 atom stereocenters. The van der Waals surface area contributed by atoms with E-state index in [1.165, 1.54) is 11.1 Å². The Morgan fingerprint density at radius 1 is 1.47 bits per heavy atom. The number of ether oxygens (including phenoxy) is 1. The Morgan fingerprint density at radius 2 is 2.24 bits per heavy atom. The van der Waals surface area contributed by atoms with Crippen molar-refractivity contribution in [3.8, 4) is 5.75 Å². The van der Waals surface area contributed by atoms with Gasteiger partial charge in [-0.2, -0.15) is 0 Å². The molecule has 1 aliphatic rings. The first kappa shape index (κ1) is 12.7. The smallest absolute Gasteiger partial charge is 0.137 e. The van der Waals surface area contributed by atoms with Gasteiger partial charge in [-0.15, -0.1) is 0 Å². The Hall–Kier alpha value is -0.770. The van der Waals surface area contributed by atoms with E-state index in [4.69, 9.17) is 16.3 Å². The fraction of sp³-hybridized carbons (Fsp3) is 0.538. The zero-order chi connectivity index (χ0) is 12.4. The van der Waals surface area contributed by atoms with Crippen LogP contribution in [0.15, 0.2) is 12.1 Å². The van der Waals surface area contributed by atoms with Crippen molar-refractivity contribution in [2.24, 2.45) is 0 Å². The van der Waals surface area contributed by atoms with Crippen LogP contribution in [0, 0.1) is 6.92 Å². The fourth-order valence-electron chi connectivity index (χ4n) is 2.31. The lowest BCUT2D eigenvalue weighted by atomic mass is 9.99. The summed E-state index contributed by atoms with van der Waals surface area (Å²) in [5.41, 5.74) is 2.49. The maximum absolute atomic E-state index is 6.19. The van der Waals surface area contributed by atoms with E-state index in [1.807, 2.05) is 12.1 Å². The molecular weight excluding hydrogens is 236 g/mol. The van der Waals surface area contributed by atoms with Crippen molar-refractivity contribution in [3.63, 3.8) is 0 Å². The highest BCUT2D eigenvalue weighted by atomic mass is 35.5. The largest absolute Gasteiger partial charge is 0.495 e. The van der Waals surface area contributed by atoms with E-state index in [-0.39, 0.29) is 0 Å². The van der Waals surface area contributed by atoms with Crippen molar-refractivity contribution in [1.82, 2.24) is 10.2 Å². The van der Waals surface area contributed by atoms with Crippen molar-refractivity contribution < 1.29 is 4.74 Å². The number of nitrogens with zero attached hydrogens (tertiary/aromatic N) is 1. The Kier molecular flexibility index (Phi) is 3.92. The lowest BCUT2D eigenvalue weighted by molar-refractivity contribution is 0.240. The van der Waals surface area contributed by atoms with Gasteiger partial charge in [0.25, 0.3) is 0 Å². The normalized spacial score (nSPS) is 21.5. The number of methoxy groups -OCH3 is 1. The molecule has 1 heterocycles. The summed E-state index contributed by atoms with van der Waals surface area (Å²) in [6.45, 7) is 5.23. The van der Waals surface area contributed by atoms with Gasteiger partial charge in [-0.1, -0.05) is 11.6 Å². The lowest BCUT2D eigenvalue weighted by Gasteiger charge is -2.32. The third kappa shape index (κ3) is 2.73. The van der Waals surface area contributed by atoms with Crippen LogP contribution in [0.4, 0.5) is 0 Å². The molecule has 1 fully saturated rings. The summed E-state index contributed by atoms with van der Waals surface area (Å²) < 4.78 is 5.23. The van der Waals surface area contributed by atoms with Crippen LogP contribution in [0.25, 0.3) is 0 Å². The van der Waals surface area contributed by atoms with Gasteiger partial charge >= 0.3 is 0 Å². The molecule has 1 saturated heterocycles. The van der Waals surface area contributed by atoms with E-state index < -0.39 is 0 Å². The summed E-state index contributed by atoms with van der Waals surface area (Å²) in [6.07, 6.45) is 0. The topological polar surface area (TPSA) is 24.5 Å². The Morgan fingerprint density at radius 3 is 2.88 bits per heavy atom. The van der Waals surface area contributed by atoms with E-state index in [9.17, 15) is 0 Å². The fourth-order valence-corrected chi connectivity index (χ4v) is 2.56. The van der Waals surface area contributed by atoms with Crippen LogP contribution in [0.2, 0.25) is 5.02 Å². The average Bonchev–Trinajstić information content (AvgIpc) is 2.31.